The van der Waals surface area contributed by atoms with Crippen LogP contribution in [0.15, 0.2) is 48.5 Å². The predicted molar refractivity (Wildman–Crippen MR) is 86.6 cm³/mol. The molecule has 1 N–H and O–H groups in total. The number of sulfonamides is 1. The Kier molecular flexibility index (Phi) is 4.62. The Balaban J connectivity index is 2.22. The van der Waals surface area contributed by atoms with Gasteiger partial charge in [0.15, 0.2) is 0 Å². The van der Waals surface area contributed by atoms with Crippen LogP contribution >= 0.6 is 22.6 Å². The maximum Gasteiger partial charge on any atom is 0.236 e. The summed E-state index contributed by atoms with van der Waals surface area (Å²) in [4.78, 5) is 0. The molecule has 0 saturated carbocycles. The van der Waals surface area contributed by atoms with Gasteiger partial charge in [0.05, 0.1) is 17.4 Å². The quantitative estimate of drug-likeness (QED) is 0.805. The summed E-state index contributed by atoms with van der Waals surface area (Å²) in [6, 6.07) is 15.8. The first-order valence-electron chi connectivity index (χ1n) is 5.74. The van der Waals surface area contributed by atoms with E-state index in [0.717, 1.165) is 3.57 Å². The number of nitrogens with one attached hydrogen (secondary N) is 1. The molecule has 0 atom stereocenters. The summed E-state index contributed by atoms with van der Waals surface area (Å²) in [5.74, 6) is -0.220. The minimum absolute atomic E-state index is 0.220. The van der Waals surface area contributed by atoms with Gasteiger partial charge in [-0.25, -0.2) is 8.42 Å². The molecule has 0 heterocycles. The zero-order valence-electron chi connectivity index (χ0n) is 10.4. The topological polar surface area (TPSA) is 70.0 Å². The van der Waals surface area contributed by atoms with Crippen molar-refractivity contribution in [3.8, 4) is 6.07 Å². The van der Waals surface area contributed by atoms with Gasteiger partial charge in [-0.3, -0.25) is 4.72 Å². The average Bonchev–Trinajstić information content (AvgIpc) is 2.38. The predicted octanol–water partition coefficient (Wildman–Crippen LogP) is 3.10. The molecule has 0 fully saturated rings. The first-order valence-corrected chi connectivity index (χ1v) is 8.47. The molecule has 0 aliphatic heterocycles. The smallest absolute Gasteiger partial charge is 0.236 e. The second-order valence-corrected chi connectivity index (χ2v) is 7.11. The van der Waals surface area contributed by atoms with Crippen LogP contribution in [0.5, 0.6) is 0 Å². The van der Waals surface area contributed by atoms with E-state index in [4.69, 9.17) is 5.26 Å². The van der Waals surface area contributed by atoms with E-state index in [9.17, 15) is 8.42 Å². The summed E-state index contributed by atoms with van der Waals surface area (Å²) in [5.41, 5.74) is 1.39. The molecule has 0 aliphatic carbocycles. The van der Waals surface area contributed by atoms with E-state index in [2.05, 4.69) is 27.3 Å². The molecule has 2 rings (SSSR count). The molecule has 6 heteroatoms. The lowest BCUT2D eigenvalue weighted by Gasteiger charge is -2.09. The van der Waals surface area contributed by atoms with Gasteiger partial charge in [0.25, 0.3) is 0 Å². The highest BCUT2D eigenvalue weighted by Crippen LogP contribution is 2.17. The zero-order chi connectivity index (χ0) is 14.6. The van der Waals surface area contributed by atoms with Crippen molar-refractivity contribution in [3.63, 3.8) is 0 Å². The second-order valence-electron chi connectivity index (χ2n) is 4.14. The van der Waals surface area contributed by atoms with Crippen LogP contribution in [0.25, 0.3) is 0 Å². The number of benzene rings is 2. The largest absolute Gasteiger partial charge is 0.283 e. The van der Waals surface area contributed by atoms with Crippen LogP contribution < -0.4 is 4.72 Å². The van der Waals surface area contributed by atoms with Gasteiger partial charge in [0.1, 0.15) is 0 Å². The summed E-state index contributed by atoms with van der Waals surface area (Å²) in [6.45, 7) is 0. The fourth-order valence-electron chi connectivity index (χ4n) is 1.73. The summed E-state index contributed by atoms with van der Waals surface area (Å²) in [6.07, 6.45) is 0. The molecule has 0 spiro atoms. The average molecular weight is 398 g/mol. The van der Waals surface area contributed by atoms with Gasteiger partial charge in [-0.15, -0.1) is 0 Å². The van der Waals surface area contributed by atoms with Crippen LogP contribution in [0.1, 0.15) is 11.1 Å². The van der Waals surface area contributed by atoms with Crippen molar-refractivity contribution in [1.29, 1.82) is 5.26 Å². The molecule has 0 saturated heterocycles. The summed E-state index contributed by atoms with van der Waals surface area (Å²) < 4.78 is 27.7. The highest BCUT2D eigenvalue weighted by molar-refractivity contribution is 14.1. The normalized spacial score (nSPS) is 10.8. The number of halogens is 1. The van der Waals surface area contributed by atoms with Crippen LogP contribution in [-0.2, 0) is 15.8 Å². The molecule has 0 unspecified atom stereocenters. The molecule has 0 radical (unpaired) electrons. The number of rotatable bonds is 4. The van der Waals surface area contributed by atoms with Gasteiger partial charge in [0, 0.05) is 9.26 Å². The van der Waals surface area contributed by atoms with E-state index >= 15 is 0 Å². The zero-order valence-corrected chi connectivity index (χ0v) is 13.3. The third-order valence-corrected chi connectivity index (χ3v) is 4.49. The van der Waals surface area contributed by atoms with Crippen LogP contribution in [-0.4, -0.2) is 8.42 Å². The number of nitrogens with zero attached hydrogens (tertiary/aromatic N) is 1. The van der Waals surface area contributed by atoms with Gasteiger partial charge in [0.2, 0.25) is 10.0 Å². The number of hydrogen-bond donors (Lipinski definition) is 1. The molecule has 2 aromatic carbocycles. The second kappa shape index (κ2) is 6.24. The van der Waals surface area contributed by atoms with E-state index in [-0.39, 0.29) is 5.75 Å². The Hall–Kier alpha value is -1.59. The van der Waals surface area contributed by atoms with Crippen LogP contribution in [0.4, 0.5) is 5.69 Å². The van der Waals surface area contributed by atoms with Crippen molar-refractivity contribution in [2.75, 3.05) is 4.72 Å². The highest BCUT2D eigenvalue weighted by atomic mass is 127. The first-order chi connectivity index (χ1) is 9.50. The van der Waals surface area contributed by atoms with E-state index in [0.29, 0.717) is 16.8 Å². The van der Waals surface area contributed by atoms with Crippen LogP contribution in [0, 0.1) is 14.9 Å². The van der Waals surface area contributed by atoms with E-state index in [1.165, 1.54) is 0 Å². The minimum Gasteiger partial charge on any atom is -0.283 e. The van der Waals surface area contributed by atoms with Crippen molar-refractivity contribution in [2.45, 2.75) is 5.75 Å². The SMILES string of the molecule is N#Cc1ccccc1CS(=O)(=O)Nc1cccc(I)c1. The lowest BCUT2D eigenvalue weighted by Crippen LogP contribution is -2.15. The molecule has 0 aliphatic rings. The highest BCUT2D eigenvalue weighted by Gasteiger charge is 2.14. The Bertz CT molecular complexity index is 767. The summed E-state index contributed by atoms with van der Waals surface area (Å²) >= 11 is 2.11. The standard InChI is InChI=1S/C14H11IN2O2S/c15-13-6-3-7-14(8-13)17-20(18,19)10-12-5-2-1-4-11(12)9-16/h1-8,17H,10H2. The van der Waals surface area contributed by atoms with Crippen LogP contribution in [0.3, 0.4) is 0 Å². The molecule has 0 bridgehead atoms. The van der Waals surface area contributed by atoms with E-state index < -0.39 is 10.0 Å². The third kappa shape index (κ3) is 3.95. The molecular weight excluding hydrogens is 387 g/mol. The molecular formula is C14H11IN2O2S. The first kappa shape index (κ1) is 14.8. The molecule has 4 nitrogen and oxygen atoms in total. The van der Waals surface area contributed by atoms with Crippen molar-refractivity contribution in [3.05, 3.63) is 63.2 Å². The third-order valence-electron chi connectivity index (χ3n) is 2.58. The Morgan fingerprint density at radius 3 is 2.60 bits per heavy atom. The van der Waals surface area contributed by atoms with Gasteiger partial charge in [-0.1, -0.05) is 24.3 Å². The van der Waals surface area contributed by atoms with Crippen LogP contribution in [0.2, 0.25) is 0 Å². The fraction of sp³-hybridized carbons (Fsp3) is 0.0714. The van der Waals surface area contributed by atoms with Crippen molar-refractivity contribution in [1.82, 2.24) is 0 Å². The Labute approximate surface area is 131 Å². The maximum absolute atomic E-state index is 12.1. The van der Waals surface area contributed by atoms with E-state index in [1.807, 2.05) is 12.1 Å². The van der Waals surface area contributed by atoms with E-state index in [1.54, 1.807) is 42.5 Å². The van der Waals surface area contributed by atoms with Gasteiger partial charge in [-0.2, -0.15) is 5.26 Å². The molecule has 102 valence electrons. The monoisotopic (exact) mass is 398 g/mol. The molecule has 0 amide bonds. The van der Waals surface area contributed by atoms with Gasteiger partial charge >= 0.3 is 0 Å². The van der Waals surface area contributed by atoms with Crippen molar-refractivity contribution < 1.29 is 8.42 Å². The Morgan fingerprint density at radius 1 is 1.15 bits per heavy atom. The summed E-state index contributed by atoms with van der Waals surface area (Å²) in [5, 5.41) is 8.98. The number of nitriles is 1. The Morgan fingerprint density at radius 2 is 1.90 bits per heavy atom. The van der Waals surface area contributed by atoms with Gasteiger partial charge in [-0.05, 0) is 52.4 Å². The minimum atomic E-state index is -3.54. The summed E-state index contributed by atoms with van der Waals surface area (Å²) in [7, 11) is -3.54. The maximum atomic E-state index is 12.1. The lowest BCUT2D eigenvalue weighted by molar-refractivity contribution is 0.600. The lowest BCUT2D eigenvalue weighted by atomic mass is 10.1. The number of hydrogen-bond acceptors (Lipinski definition) is 3. The molecule has 2 aromatic rings. The fourth-order valence-corrected chi connectivity index (χ4v) is 3.49. The van der Waals surface area contributed by atoms with Gasteiger partial charge < -0.3 is 0 Å². The van der Waals surface area contributed by atoms with Crippen molar-refractivity contribution in [2.24, 2.45) is 0 Å². The number of anilines is 1. The molecule has 0 aromatic heterocycles. The molecule has 20 heavy (non-hydrogen) atoms. The van der Waals surface area contributed by atoms with Crippen molar-refractivity contribution >= 4 is 38.3 Å².